The van der Waals surface area contributed by atoms with Crippen LogP contribution in [0.5, 0.6) is 11.5 Å². The van der Waals surface area contributed by atoms with Crippen LogP contribution in [0.15, 0.2) is 36.4 Å². The van der Waals surface area contributed by atoms with Crippen molar-refractivity contribution in [2.45, 2.75) is 12.5 Å². The largest absolute Gasteiger partial charge is 0.508 e. The second-order valence-corrected chi connectivity index (χ2v) is 5.63. The Labute approximate surface area is 131 Å². The number of carbonyl (C=O) groups excluding carboxylic acids is 1. The number of benzene rings is 2. The van der Waals surface area contributed by atoms with E-state index in [4.69, 9.17) is 27.9 Å². The smallest absolute Gasteiger partial charge is 0.265 e. The van der Waals surface area contributed by atoms with Gasteiger partial charge < -0.3 is 15.2 Å². The number of ether oxygens (including phenoxy) is 1. The molecule has 0 bridgehead atoms. The van der Waals surface area contributed by atoms with E-state index in [2.05, 4.69) is 5.32 Å². The zero-order valence-corrected chi connectivity index (χ0v) is 12.3. The number of rotatable bonds is 2. The number of anilines is 1. The minimum absolute atomic E-state index is 0.0782. The summed E-state index contributed by atoms with van der Waals surface area (Å²) in [5, 5.41) is 13.2. The number of amides is 1. The molecule has 1 aliphatic heterocycles. The molecule has 1 amide bonds. The second-order valence-electron chi connectivity index (χ2n) is 4.76. The maximum Gasteiger partial charge on any atom is 0.265 e. The van der Waals surface area contributed by atoms with E-state index in [1.807, 2.05) is 0 Å². The van der Waals surface area contributed by atoms with Gasteiger partial charge in [0.05, 0.1) is 5.69 Å². The third-order valence-corrected chi connectivity index (χ3v) is 3.56. The third-order valence-electron chi connectivity index (χ3n) is 3.13. The fraction of sp³-hybridized carbons (Fsp3) is 0.133. The predicted molar refractivity (Wildman–Crippen MR) is 81.3 cm³/mol. The van der Waals surface area contributed by atoms with Crippen molar-refractivity contribution in [3.63, 3.8) is 0 Å². The summed E-state index contributed by atoms with van der Waals surface area (Å²) in [5.41, 5.74) is 1.34. The van der Waals surface area contributed by atoms with Gasteiger partial charge in [0.25, 0.3) is 5.91 Å². The summed E-state index contributed by atoms with van der Waals surface area (Å²) < 4.78 is 5.65. The van der Waals surface area contributed by atoms with Gasteiger partial charge in [-0.15, -0.1) is 0 Å². The maximum absolute atomic E-state index is 12.1. The van der Waals surface area contributed by atoms with E-state index in [1.54, 1.807) is 24.3 Å². The number of hydrogen-bond donors (Lipinski definition) is 2. The van der Waals surface area contributed by atoms with Crippen molar-refractivity contribution in [2.75, 3.05) is 5.32 Å². The SMILES string of the molecule is O=C1Nc2ccc(O)cc2OC1Cc1cc(Cl)cc(Cl)c1. The third kappa shape index (κ3) is 3.06. The number of phenolic OH excluding ortho intramolecular Hbond substituents is 1. The second kappa shape index (κ2) is 5.47. The molecule has 2 N–H and O–H groups in total. The molecule has 1 unspecified atom stereocenters. The van der Waals surface area contributed by atoms with Gasteiger partial charge in [-0.1, -0.05) is 23.2 Å². The van der Waals surface area contributed by atoms with Gasteiger partial charge in [-0.05, 0) is 35.9 Å². The molecule has 108 valence electrons. The van der Waals surface area contributed by atoms with Crippen LogP contribution in [0.3, 0.4) is 0 Å². The van der Waals surface area contributed by atoms with E-state index in [1.165, 1.54) is 12.1 Å². The maximum atomic E-state index is 12.1. The van der Waals surface area contributed by atoms with Crippen LogP contribution >= 0.6 is 23.2 Å². The fourth-order valence-corrected chi connectivity index (χ4v) is 2.78. The number of carbonyl (C=O) groups is 1. The quantitative estimate of drug-likeness (QED) is 0.829. The van der Waals surface area contributed by atoms with Gasteiger partial charge in [-0.2, -0.15) is 0 Å². The molecule has 1 atom stereocenters. The highest BCUT2D eigenvalue weighted by Gasteiger charge is 2.28. The van der Waals surface area contributed by atoms with Crippen LogP contribution in [0.25, 0.3) is 0 Å². The molecule has 0 fully saturated rings. The lowest BCUT2D eigenvalue weighted by Crippen LogP contribution is -2.38. The highest BCUT2D eigenvalue weighted by atomic mass is 35.5. The molecular weight excluding hydrogens is 313 g/mol. The predicted octanol–water partition coefficient (Wildman–Crippen LogP) is 3.64. The number of aromatic hydroxyl groups is 1. The Hall–Kier alpha value is -1.91. The zero-order valence-electron chi connectivity index (χ0n) is 10.8. The van der Waals surface area contributed by atoms with Gasteiger partial charge in [0.1, 0.15) is 11.5 Å². The molecule has 1 aliphatic rings. The standard InChI is InChI=1S/C15H11Cl2NO3/c16-9-3-8(4-10(17)6-9)5-14-15(20)18-12-2-1-11(19)7-13(12)21-14/h1-4,6-7,14,19H,5H2,(H,18,20). The lowest BCUT2D eigenvalue weighted by Gasteiger charge is -2.26. The van der Waals surface area contributed by atoms with Gasteiger partial charge in [-0.25, -0.2) is 0 Å². The molecule has 2 aromatic rings. The minimum atomic E-state index is -0.700. The average Bonchev–Trinajstić information content (AvgIpc) is 2.39. The van der Waals surface area contributed by atoms with E-state index in [9.17, 15) is 9.90 Å². The van der Waals surface area contributed by atoms with Crippen LogP contribution in [-0.4, -0.2) is 17.1 Å². The normalized spacial score (nSPS) is 16.9. The van der Waals surface area contributed by atoms with E-state index in [0.29, 0.717) is 27.9 Å². The number of halogens is 2. The van der Waals surface area contributed by atoms with Crippen molar-refractivity contribution in [3.8, 4) is 11.5 Å². The lowest BCUT2D eigenvalue weighted by atomic mass is 10.1. The van der Waals surface area contributed by atoms with Crippen LogP contribution in [0.4, 0.5) is 5.69 Å². The van der Waals surface area contributed by atoms with Crippen molar-refractivity contribution in [1.82, 2.24) is 0 Å². The summed E-state index contributed by atoms with van der Waals surface area (Å²) in [4.78, 5) is 12.1. The highest BCUT2D eigenvalue weighted by Crippen LogP contribution is 2.33. The van der Waals surface area contributed by atoms with Crippen molar-refractivity contribution >= 4 is 34.8 Å². The summed E-state index contributed by atoms with van der Waals surface area (Å²) in [7, 11) is 0. The molecular formula is C15H11Cl2NO3. The molecule has 3 rings (SSSR count). The van der Waals surface area contributed by atoms with E-state index in [0.717, 1.165) is 5.56 Å². The Morgan fingerprint density at radius 3 is 2.57 bits per heavy atom. The van der Waals surface area contributed by atoms with E-state index in [-0.39, 0.29) is 11.7 Å². The number of nitrogens with one attached hydrogen (secondary N) is 1. The Morgan fingerprint density at radius 1 is 1.14 bits per heavy atom. The Kier molecular flexibility index (Phi) is 3.66. The minimum Gasteiger partial charge on any atom is -0.508 e. The van der Waals surface area contributed by atoms with Gasteiger partial charge in [0.2, 0.25) is 0 Å². The first kappa shape index (κ1) is 14.0. The summed E-state index contributed by atoms with van der Waals surface area (Å²) in [5.74, 6) is 0.270. The van der Waals surface area contributed by atoms with Gasteiger partial charge in [0, 0.05) is 22.5 Å². The van der Waals surface area contributed by atoms with Crippen molar-refractivity contribution in [1.29, 1.82) is 0 Å². The first-order valence-electron chi connectivity index (χ1n) is 6.27. The molecule has 0 aliphatic carbocycles. The van der Waals surface area contributed by atoms with Crippen LogP contribution in [0, 0.1) is 0 Å². The summed E-state index contributed by atoms with van der Waals surface area (Å²) >= 11 is 11.9. The highest BCUT2D eigenvalue weighted by molar-refractivity contribution is 6.34. The molecule has 0 saturated heterocycles. The summed E-state index contributed by atoms with van der Waals surface area (Å²) in [6, 6.07) is 9.65. The number of fused-ring (bicyclic) bond motifs is 1. The van der Waals surface area contributed by atoms with Crippen LogP contribution in [0.2, 0.25) is 10.0 Å². The summed E-state index contributed by atoms with van der Waals surface area (Å²) in [6.07, 6.45) is -0.366. The van der Waals surface area contributed by atoms with Gasteiger partial charge >= 0.3 is 0 Å². The van der Waals surface area contributed by atoms with Crippen molar-refractivity contribution < 1.29 is 14.6 Å². The monoisotopic (exact) mass is 323 g/mol. The fourth-order valence-electron chi connectivity index (χ4n) is 2.21. The molecule has 21 heavy (non-hydrogen) atoms. The first-order valence-corrected chi connectivity index (χ1v) is 7.02. The Morgan fingerprint density at radius 2 is 1.86 bits per heavy atom. The molecule has 6 heteroatoms. The number of phenols is 1. The van der Waals surface area contributed by atoms with Crippen molar-refractivity contribution in [3.05, 3.63) is 52.0 Å². The van der Waals surface area contributed by atoms with Crippen LogP contribution < -0.4 is 10.1 Å². The van der Waals surface area contributed by atoms with Crippen molar-refractivity contribution in [2.24, 2.45) is 0 Å². The Bertz CT molecular complexity index is 698. The molecule has 0 radical (unpaired) electrons. The zero-order chi connectivity index (χ0) is 15.0. The molecule has 2 aromatic carbocycles. The lowest BCUT2D eigenvalue weighted by molar-refractivity contribution is -0.123. The van der Waals surface area contributed by atoms with E-state index >= 15 is 0 Å². The molecule has 0 aromatic heterocycles. The Balaban J connectivity index is 1.85. The molecule has 1 heterocycles. The molecule has 4 nitrogen and oxygen atoms in total. The molecule has 0 saturated carbocycles. The summed E-state index contributed by atoms with van der Waals surface area (Å²) in [6.45, 7) is 0. The first-order chi connectivity index (χ1) is 10.0. The topological polar surface area (TPSA) is 58.6 Å². The van der Waals surface area contributed by atoms with Gasteiger partial charge in [0.15, 0.2) is 6.10 Å². The van der Waals surface area contributed by atoms with Gasteiger partial charge in [-0.3, -0.25) is 4.79 Å². The molecule has 0 spiro atoms. The number of hydrogen-bond acceptors (Lipinski definition) is 3. The average molecular weight is 324 g/mol. The van der Waals surface area contributed by atoms with Crippen LogP contribution in [-0.2, 0) is 11.2 Å². The van der Waals surface area contributed by atoms with E-state index < -0.39 is 6.10 Å². The van der Waals surface area contributed by atoms with Crippen LogP contribution in [0.1, 0.15) is 5.56 Å².